The van der Waals surface area contributed by atoms with Gasteiger partial charge in [-0.1, -0.05) is 41.6 Å². The van der Waals surface area contributed by atoms with Gasteiger partial charge in [0.15, 0.2) is 11.0 Å². The van der Waals surface area contributed by atoms with Crippen LogP contribution in [-0.2, 0) is 11.9 Å². The van der Waals surface area contributed by atoms with E-state index in [0.717, 1.165) is 25.0 Å². The Bertz CT molecular complexity index is 1270. The van der Waals surface area contributed by atoms with Crippen LogP contribution in [0.1, 0.15) is 36.1 Å². The smallest absolute Gasteiger partial charge is 0.416 e. The summed E-state index contributed by atoms with van der Waals surface area (Å²) < 4.78 is 47.3. The van der Waals surface area contributed by atoms with E-state index in [-0.39, 0.29) is 5.69 Å². The van der Waals surface area contributed by atoms with Gasteiger partial charge in [0.2, 0.25) is 11.8 Å². The Morgan fingerprint density at radius 1 is 1.03 bits per heavy atom. The third-order valence-electron chi connectivity index (χ3n) is 4.91. The van der Waals surface area contributed by atoms with Crippen molar-refractivity contribution in [1.29, 1.82) is 0 Å². The van der Waals surface area contributed by atoms with Crippen LogP contribution in [-0.4, -0.2) is 25.0 Å². The van der Waals surface area contributed by atoms with E-state index >= 15 is 0 Å². The Morgan fingerprint density at radius 2 is 1.84 bits per heavy atom. The first-order chi connectivity index (χ1) is 15.4. The molecule has 11 heteroatoms. The fraction of sp³-hybridized carbons (Fsp3) is 0.238. The molecule has 1 fully saturated rings. The molecular weight excluding hydrogens is 463 g/mol. The summed E-state index contributed by atoms with van der Waals surface area (Å²) in [6.07, 6.45) is -2.40. The minimum absolute atomic E-state index is 0.270. The maximum absolute atomic E-state index is 13.3. The highest BCUT2D eigenvalue weighted by Crippen LogP contribution is 2.40. The van der Waals surface area contributed by atoms with Crippen LogP contribution in [0.25, 0.3) is 17.1 Å². The molecule has 0 radical (unpaired) electrons. The van der Waals surface area contributed by atoms with Crippen molar-refractivity contribution in [2.45, 2.75) is 35.8 Å². The van der Waals surface area contributed by atoms with Crippen LogP contribution in [0.2, 0.25) is 5.02 Å². The number of hydrogen-bond acceptors (Lipinski definition) is 6. The largest absolute Gasteiger partial charge is 0.424 e. The molecule has 0 unspecified atom stereocenters. The monoisotopic (exact) mass is 477 g/mol. The van der Waals surface area contributed by atoms with E-state index in [1.165, 1.54) is 17.8 Å². The van der Waals surface area contributed by atoms with Gasteiger partial charge in [0, 0.05) is 11.5 Å². The van der Waals surface area contributed by atoms with Crippen molar-refractivity contribution in [2.75, 3.05) is 0 Å². The SMILES string of the molecule is FC(F)(F)c1cccc(-n2c(SCc3nnc(C4CC4)o3)nnc2-c2ccccc2Cl)c1. The number of rotatable bonds is 6. The average Bonchev–Trinajstić information content (AvgIpc) is 3.37. The second-order valence-corrected chi connectivity index (χ2v) is 8.62. The van der Waals surface area contributed by atoms with Crippen molar-refractivity contribution in [3.8, 4) is 17.1 Å². The van der Waals surface area contributed by atoms with Crippen molar-refractivity contribution in [3.05, 3.63) is 70.9 Å². The molecule has 0 aliphatic heterocycles. The standard InChI is InChI=1S/C21H15ClF3N5OS/c22-16-7-2-1-6-15(16)18-27-29-20(32-11-17-26-28-19(31-17)12-8-9-12)30(18)14-5-3-4-13(10-14)21(23,24)25/h1-7,10,12H,8-9,11H2. The van der Waals surface area contributed by atoms with Crippen LogP contribution >= 0.6 is 23.4 Å². The van der Waals surface area contributed by atoms with Crippen LogP contribution in [0.15, 0.2) is 58.1 Å². The maximum atomic E-state index is 13.3. The number of thioether (sulfide) groups is 1. The molecule has 0 atom stereocenters. The third kappa shape index (κ3) is 4.24. The van der Waals surface area contributed by atoms with Crippen molar-refractivity contribution in [3.63, 3.8) is 0 Å². The highest BCUT2D eigenvalue weighted by atomic mass is 35.5. The van der Waals surface area contributed by atoms with Crippen molar-refractivity contribution in [2.24, 2.45) is 0 Å². The van der Waals surface area contributed by atoms with E-state index in [1.807, 2.05) is 0 Å². The molecule has 1 aliphatic rings. The molecule has 2 heterocycles. The molecular formula is C21H15ClF3N5OS. The molecule has 0 amide bonds. The van der Waals surface area contributed by atoms with Gasteiger partial charge in [0.05, 0.1) is 22.0 Å². The Kier molecular flexibility index (Phi) is 5.42. The van der Waals surface area contributed by atoms with E-state index in [1.54, 1.807) is 34.9 Å². The molecule has 0 bridgehead atoms. The van der Waals surface area contributed by atoms with Gasteiger partial charge >= 0.3 is 6.18 Å². The summed E-state index contributed by atoms with van der Waals surface area (Å²) in [5.41, 5.74) is 0.0573. The molecule has 1 aliphatic carbocycles. The Balaban J connectivity index is 1.54. The van der Waals surface area contributed by atoms with E-state index in [9.17, 15) is 13.2 Å². The van der Waals surface area contributed by atoms with Crippen molar-refractivity contribution < 1.29 is 17.6 Å². The summed E-state index contributed by atoms with van der Waals surface area (Å²) in [6, 6.07) is 12.0. The Hall–Kier alpha value is -2.85. The summed E-state index contributed by atoms with van der Waals surface area (Å²) >= 11 is 7.59. The number of benzene rings is 2. The zero-order valence-electron chi connectivity index (χ0n) is 16.4. The highest BCUT2D eigenvalue weighted by molar-refractivity contribution is 7.98. The lowest BCUT2D eigenvalue weighted by atomic mass is 10.1. The second kappa shape index (κ2) is 8.25. The Morgan fingerprint density at radius 3 is 2.59 bits per heavy atom. The lowest BCUT2D eigenvalue weighted by Crippen LogP contribution is -2.07. The molecule has 32 heavy (non-hydrogen) atoms. The topological polar surface area (TPSA) is 69.6 Å². The fourth-order valence-electron chi connectivity index (χ4n) is 3.18. The summed E-state index contributed by atoms with van der Waals surface area (Å²) in [6.45, 7) is 0. The molecule has 1 saturated carbocycles. The summed E-state index contributed by atoms with van der Waals surface area (Å²) in [5.74, 6) is 2.02. The van der Waals surface area contributed by atoms with Gasteiger partial charge in [-0.2, -0.15) is 13.2 Å². The van der Waals surface area contributed by atoms with E-state index in [0.29, 0.717) is 45.0 Å². The van der Waals surface area contributed by atoms with Gasteiger partial charge in [-0.15, -0.1) is 20.4 Å². The number of alkyl halides is 3. The quantitative estimate of drug-likeness (QED) is 0.310. The van der Waals surface area contributed by atoms with Crippen LogP contribution in [0.3, 0.4) is 0 Å². The molecule has 0 saturated heterocycles. The van der Waals surface area contributed by atoms with Gasteiger partial charge in [-0.05, 0) is 43.2 Å². The van der Waals surface area contributed by atoms with E-state index in [2.05, 4.69) is 20.4 Å². The first-order valence-corrected chi connectivity index (χ1v) is 11.1. The number of nitrogens with zero attached hydrogens (tertiary/aromatic N) is 5. The normalized spacial score (nSPS) is 14.1. The first kappa shape index (κ1) is 21.0. The summed E-state index contributed by atoms with van der Waals surface area (Å²) in [4.78, 5) is 0. The molecule has 0 spiro atoms. The molecule has 6 nitrogen and oxygen atoms in total. The van der Waals surface area contributed by atoms with Crippen molar-refractivity contribution >= 4 is 23.4 Å². The second-order valence-electron chi connectivity index (χ2n) is 7.27. The molecule has 5 rings (SSSR count). The molecule has 4 aromatic rings. The average molecular weight is 478 g/mol. The lowest BCUT2D eigenvalue weighted by Gasteiger charge is -2.13. The fourth-order valence-corrected chi connectivity index (χ4v) is 4.19. The minimum atomic E-state index is -4.48. The van der Waals surface area contributed by atoms with Crippen LogP contribution in [0.4, 0.5) is 13.2 Å². The van der Waals surface area contributed by atoms with E-state index < -0.39 is 11.7 Å². The van der Waals surface area contributed by atoms with Gasteiger partial charge in [-0.3, -0.25) is 4.57 Å². The predicted molar refractivity (Wildman–Crippen MR) is 113 cm³/mol. The van der Waals surface area contributed by atoms with Crippen LogP contribution < -0.4 is 0 Å². The van der Waals surface area contributed by atoms with Gasteiger partial charge < -0.3 is 4.42 Å². The predicted octanol–water partition coefficient (Wildman–Crippen LogP) is 6.16. The zero-order chi connectivity index (χ0) is 22.3. The van der Waals surface area contributed by atoms with Crippen LogP contribution in [0, 0.1) is 0 Å². The van der Waals surface area contributed by atoms with Gasteiger partial charge in [-0.25, -0.2) is 0 Å². The van der Waals surface area contributed by atoms with Crippen LogP contribution in [0.5, 0.6) is 0 Å². The summed E-state index contributed by atoms with van der Waals surface area (Å²) in [7, 11) is 0. The number of halogens is 4. The molecule has 164 valence electrons. The number of aromatic nitrogens is 5. The third-order valence-corrected chi connectivity index (χ3v) is 6.16. The minimum Gasteiger partial charge on any atom is -0.424 e. The first-order valence-electron chi connectivity index (χ1n) is 9.73. The zero-order valence-corrected chi connectivity index (χ0v) is 18.0. The van der Waals surface area contributed by atoms with Crippen molar-refractivity contribution in [1.82, 2.24) is 25.0 Å². The molecule has 2 aromatic carbocycles. The number of hydrogen-bond donors (Lipinski definition) is 0. The Labute approximate surface area is 189 Å². The molecule has 0 N–H and O–H groups in total. The van der Waals surface area contributed by atoms with E-state index in [4.69, 9.17) is 16.0 Å². The maximum Gasteiger partial charge on any atom is 0.416 e. The van der Waals surface area contributed by atoms with Gasteiger partial charge in [0.25, 0.3) is 0 Å². The molecule has 2 aromatic heterocycles. The highest BCUT2D eigenvalue weighted by Gasteiger charge is 2.31. The summed E-state index contributed by atoms with van der Waals surface area (Å²) in [5, 5.41) is 17.4. The van der Waals surface area contributed by atoms with Gasteiger partial charge in [0.1, 0.15) is 0 Å². The lowest BCUT2D eigenvalue weighted by molar-refractivity contribution is -0.137.